The molecule has 2 atom stereocenters. The zero-order chi connectivity index (χ0) is 22.0. The van der Waals surface area contributed by atoms with E-state index in [-0.39, 0.29) is 12.1 Å². The summed E-state index contributed by atoms with van der Waals surface area (Å²) in [6.07, 6.45) is 4.68. The van der Waals surface area contributed by atoms with E-state index in [1.165, 1.54) is 0 Å². The van der Waals surface area contributed by atoms with Crippen LogP contribution in [0.15, 0.2) is 48.8 Å². The minimum Gasteiger partial charge on any atom is -0.369 e. The van der Waals surface area contributed by atoms with Gasteiger partial charge in [-0.25, -0.2) is 9.78 Å². The van der Waals surface area contributed by atoms with Crippen molar-refractivity contribution in [3.05, 3.63) is 54.4 Å². The van der Waals surface area contributed by atoms with Gasteiger partial charge in [-0.3, -0.25) is 4.90 Å². The van der Waals surface area contributed by atoms with Crippen molar-refractivity contribution in [2.45, 2.75) is 26.3 Å². The maximum atomic E-state index is 13.4. The highest BCUT2D eigenvalue weighted by molar-refractivity contribution is 5.92. The monoisotopic (exact) mass is 416 g/mol. The fourth-order valence-electron chi connectivity index (χ4n) is 4.47. The van der Waals surface area contributed by atoms with E-state index in [4.69, 9.17) is 5.26 Å². The number of nitrogens with one attached hydrogen (secondary N) is 1. The summed E-state index contributed by atoms with van der Waals surface area (Å²) in [5, 5.41) is 10.1. The van der Waals surface area contributed by atoms with Gasteiger partial charge >= 0.3 is 6.03 Å². The highest BCUT2D eigenvalue weighted by Crippen LogP contribution is 2.31. The average Bonchev–Trinajstić information content (AvgIpc) is 3.29. The number of urea groups is 1. The molecular weight excluding hydrogens is 388 g/mol. The third kappa shape index (κ3) is 3.93. The van der Waals surface area contributed by atoms with Crippen molar-refractivity contribution >= 4 is 28.4 Å². The van der Waals surface area contributed by atoms with Crippen LogP contribution < -0.4 is 9.80 Å². The SMILES string of the molecule is CCN(C(=O)N1CC[C@@H](C)[C@@H](N(C)c2ccnc3[nH]ccc23)C1)c1ccc(C#N)cc1. The van der Waals surface area contributed by atoms with E-state index >= 15 is 0 Å². The molecule has 1 aromatic carbocycles. The highest BCUT2D eigenvalue weighted by atomic mass is 16.2. The second kappa shape index (κ2) is 8.68. The molecule has 0 bridgehead atoms. The molecule has 7 heteroatoms. The highest BCUT2D eigenvalue weighted by Gasteiger charge is 2.34. The van der Waals surface area contributed by atoms with Crippen LogP contribution in [0, 0.1) is 17.2 Å². The van der Waals surface area contributed by atoms with Gasteiger partial charge in [0.1, 0.15) is 5.65 Å². The van der Waals surface area contributed by atoms with E-state index in [0.717, 1.165) is 35.4 Å². The van der Waals surface area contributed by atoms with Gasteiger partial charge < -0.3 is 14.8 Å². The molecule has 1 aliphatic heterocycles. The maximum absolute atomic E-state index is 13.4. The molecule has 31 heavy (non-hydrogen) atoms. The van der Waals surface area contributed by atoms with Gasteiger partial charge in [0.2, 0.25) is 0 Å². The van der Waals surface area contributed by atoms with E-state index in [9.17, 15) is 4.79 Å². The molecule has 3 aromatic rings. The summed E-state index contributed by atoms with van der Waals surface area (Å²) in [6.45, 7) is 6.22. The molecule has 4 rings (SSSR count). The third-order valence-electron chi connectivity index (χ3n) is 6.36. The third-order valence-corrected chi connectivity index (χ3v) is 6.36. The lowest BCUT2D eigenvalue weighted by molar-refractivity contribution is 0.167. The summed E-state index contributed by atoms with van der Waals surface area (Å²) in [4.78, 5) is 27.0. The van der Waals surface area contributed by atoms with Crippen LogP contribution in [-0.4, -0.2) is 53.6 Å². The summed E-state index contributed by atoms with van der Waals surface area (Å²) in [5.74, 6) is 0.459. The average molecular weight is 417 g/mol. The number of hydrogen-bond donors (Lipinski definition) is 1. The summed E-state index contributed by atoms with van der Waals surface area (Å²) in [5.41, 5.74) is 3.41. The Morgan fingerprint density at radius 2 is 2.06 bits per heavy atom. The van der Waals surface area contributed by atoms with Crippen LogP contribution in [0.3, 0.4) is 0 Å². The smallest absolute Gasteiger partial charge is 0.324 e. The zero-order valence-electron chi connectivity index (χ0n) is 18.2. The number of piperidine rings is 1. The largest absolute Gasteiger partial charge is 0.369 e. The Morgan fingerprint density at radius 3 is 2.77 bits per heavy atom. The number of pyridine rings is 1. The number of H-pyrrole nitrogens is 1. The van der Waals surface area contributed by atoms with Gasteiger partial charge in [0, 0.05) is 61.9 Å². The fraction of sp³-hybridized carbons (Fsp3) is 0.375. The molecular formula is C24H28N6O. The normalized spacial score (nSPS) is 18.6. The number of hydrogen-bond acceptors (Lipinski definition) is 4. The van der Waals surface area contributed by atoms with Crippen LogP contribution in [0.4, 0.5) is 16.2 Å². The summed E-state index contributed by atoms with van der Waals surface area (Å²) in [6, 6.07) is 13.6. The van der Waals surface area contributed by atoms with Crippen molar-refractivity contribution in [2.24, 2.45) is 5.92 Å². The molecule has 1 saturated heterocycles. The van der Waals surface area contributed by atoms with Crippen molar-refractivity contribution in [1.29, 1.82) is 5.26 Å². The van der Waals surface area contributed by atoms with Gasteiger partial charge in [0.15, 0.2) is 0 Å². The van der Waals surface area contributed by atoms with Gasteiger partial charge in [0.05, 0.1) is 11.6 Å². The van der Waals surface area contributed by atoms with Gasteiger partial charge in [0.25, 0.3) is 0 Å². The minimum atomic E-state index is 0.0130. The number of rotatable bonds is 4. The molecule has 0 radical (unpaired) electrons. The number of aromatic amines is 1. The van der Waals surface area contributed by atoms with Crippen molar-refractivity contribution in [2.75, 3.05) is 36.5 Å². The van der Waals surface area contributed by atoms with E-state index in [0.29, 0.717) is 24.6 Å². The second-order valence-electron chi connectivity index (χ2n) is 8.15. The first-order chi connectivity index (χ1) is 15.0. The van der Waals surface area contributed by atoms with Crippen LogP contribution in [0.2, 0.25) is 0 Å². The molecule has 160 valence electrons. The number of carbonyl (C=O) groups excluding carboxylic acids is 1. The first-order valence-corrected chi connectivity index (χ1v) is 10.7. The fourth-order valence-corrected chi connectivity index (χ4v) is 4.47. The Labute approximate surface area is 182 Å². The second-order valence-corrected chi connectivity index (χ2v) is 8.15. The molecule has 1 N–H and O–H groups in total. The maximum Gasteiger partial charge on any atom is 0.324 e. The Kier molecular flexibility index (Phi) is 5.81. The number of carbonyl (C=O) groups is 1. The quantitative estimate of drug-likeness (QED) is 0.690. The van der Waals surface area contributed by atoms with Crippen LogP contribution >= 0.6 is 0 Å². The first-order valence-electron chi connectivity index (χ1n) is 10.7. The van der Waals surface area contributed by atoms with E-state index in [1.54, 1.807) is 17.0 Å². The minimum absolute atomic E-state index is 0.0130. The van der Waals surface area contributed by atoms with Crippen molar-refractivity contribution in [3.63, 3.8) is 0 Å². The van der Waals surface area contributed by atoms with Gasteiger partial charge in [-0.1, -0.05) is 6.92 Å². The van der Waals surface area contributed by atoms with Crippen LogP contribution in [0.5, 0.6) is 0 Å². The van der Waals surface area contributed by atoms with Crippen molar-refractivity contribution in [3.8, 4) is 6.07 Å². The summed E-state index contributed by atoms with van der Waals surface area (Å²) in [7, 11) is 2.11. The standard InChI is InChI=1S/C24H28N6O/c1-4-30(19-7-5-18(15-25)6-8-19)24(31)29-14-11-17(2)22(16-29)28(3)21-10-13-27-23-20(21)9-12-26-23/h5-10,12-13,17,22H,4,11,14,16H2,1-3H3,(H,26,27)/t17-,22+/m1/s1. The van der Waals surface area contributed by atoms with Crippen molar-refractivity contribution < 1.29 is 4.79 Å². The predicted octanol–water partition coefficient (Wildman–Crippen LogP) is 4.23. The number of likely N-dealkylation sites (tertiary alicyclic amines) is 1. The van der Waals surface area contributed by atoms with Crippen LogP contribution in [0.25, 0.3) is 11.0 Å². The number of nitrogens with zero attached hydrogens (tertiary/aromatic N) is 5. The van der Waals surface area contributed by atoms with E-state index < -0.39 is 0 Å². The topological polar surface area (TPSA) is 79.3 Å². The number of benzene rings is 1. The number of anilines is 2. The predicted molar refractivity (Wildman–Crippen MR) is 123 cm³/mol. The van der Waals surface area contributed by atoms with Gasteiger partial charge in [-0.15, -0.1) is 0 Å². The van der Waals surface area contributed by atoms with Crippen LogP contribution in [-0.2, 0) is 0 Å². The molecule has 0 saturated carbocycles. The lowest BCUT2D eigenvalue weighted by Crippen LogP contribution is -2.55. The number of nitriles is 1. The Balaban J connectivity index is 1.55. The zero-order valence-corrected chi connectivity index (χ0v) is 18.2. The number of likely N-dealkylation sites (N-methyl/N-ethyl adjacent to an activating group) is 1. The van der Waals surface area contributed by atoms with Gasteiger partial charge in [-0.2, -0.15) is 5.26 Å². The summed E-state index contributed by atoms with van der Waals surface area (Å²) < 4.78 is 0. The lowest BCUT2D eigenvalue weighted by Gasteiger charge is -2.43. The Bertz CT molecular complexity index is 1100. The number of fused-ring (bicyclic) bond motifs is 1. The Hall–Kier alpha value is -3.53. The lowest BCUT2D eigenvalue weighted by atomic mass is 9.92. The molecule has 1 aliphatic rings. The molecule has 1 fully saturated rings. The summed E-state index contributed by atoms with van der Waals surface area (Å²) >= 11 is 0. The molecule has 0 spiro atoms. The number of amides is 2. The number of aromatic nitrogens is 2. The molecule has 2 amide bonds. The van der Waals surface area contributed by atoms with Crippen LogP contribution in [0.1, 0.15) is 25.8 Å². The molecule has 2 aromatic heterocycles. The van der Waals surface area contributed by atoms with Crippen molar-refractivity contribution in [1.82, 2.24) is 14.9 Å². The molecule has 3 heterocycles. The molecule has 0 unspecified atom stereocenters. The van der Waals surface area contributed by atoms with E-state index in [1.807, 2.05) is 48.5 Å². The Morgan fingerprint density at radius 1 is 1.29 bits per heavy atom. The van der Waals surface area contributed by atoms with E-state index in [2.05, 4.69) is 34.9 Å². The molecule has 7 nitrogen and oxygen atoms in total. The first kappa shape index (κ1) is 20.7. The van der Waals surface area contributed by atoms with Gasteiger partial charge in [-0.05, 0) is 55.7 Å². The molecule has 0 aliphatic carbocycles.